The van der Waals surface area contributed by atoms with Gasteiger partial charge < -0.3 is 54.2 Å². The maximum Gasteiger partial charge on any atom is 4.00 e. The van der Waals surface area contributed by atoms with E-state index in [9.17, 15) is 9.59 Å². The predicted octanol–water partition coefficient (Wildman–Crippen LogP) is -2.30. The van der Waals surface area contributed by atoms with Crippen LogP contribution in [0.15, 0.2) is 60.7 Å². The van der Waals surface area contributed by atoms with Crippen molar-refractivity contribution in [1.29, 1.82) is 0 Å². The summed E-state index contributed by atoms with van der Waals surface area (Å²) in [5.74, 6) is 0. The molecule has 2 amide bonds. The summed E-state index contributed by atoms with van der Waals surface area (Å²) in [4.78, 5) is 19.6. The Labute approximate surface area is 164 Å². The Morgan fingerprint density at radius 1 is 0.619 bits per heavy atom. The van der Waals surface area contributed by atoms with Gasteiger partial charge >= 0.3 is 25.8 Å². The van der Waals surface area contributed by atoms with Crippen LogP contribution < -0.4 is 34.0 Å². The minimum absolute atomic E-state index is 0. The van der Waals surface area contributed by atoms with Crippen molar-refractivity contribution in [3.05, 3.63) is 71.3 Å². The van der Waals surface area contributed by atoms with Gasteiger partial charge in [-0.25, -0.2) is 0 Å². The van der Waals surface area contributed by atoms with Gasteiger partial charge in [0.05, 0.1) is 0 Å². The molecule has 0 atom stereocenters. The van der Waals surface area contributed by atoms with Gasteiger partial charge in [-0.2, -0.15) is 0 Å². The van der Waals surface area contributed by atoms with Crippen LogP contribution in [-0.2, 0) is 35.4 Å². The van der Waals surface area contributed by atoms with Gasteiger partial charge in [0, 0.05) is 12.8 Å². The van der Waals surface area contributed by atoms with Crippen LogP contribution >= 0.6 is 0 Å². The molecular formula is C14H12Br2HfN2O2. The van der Waals surface area contributed by atoms with Crippen molar-refractivity contribution in [2.45, 2.75) is 0 Å². The standard InChI is InChI=1S/2C7H7NO.2BrH.Hf/c2*9-6-8-7-4-2-1-3-5-7;;;/h2*1-6H,(H,8,9);2*1H;/q;;;;+4/p-4. The zero-order chi connectivity index (χ0) is 13.1. The first-order chi connectivity index (χ1) is 8.86. The van der Waals surface area contributed by atoms with E-state index in [0.717, 1.165) is 0 Å². The van der Waals surface area contributed by atoms with Crippen molar-refractivity contribution in [1.82, 2.24) is 0 Å². The Kier molecular flexibility index (Phi) is 20.7. The molecule has 0 unspecified atom stereocenters. The minimum atomic E-state index is 0. The molecule has 0 aliphatic carbocycles. The van der Waals surface area contributed by atoms with E-state index in [1.54, 1.807) is 24.3 Å². The zero-order valence-electron chi connectivity index (χ0n) is 10.9. The number of carbonyl (C=O) groups excluding carboxylic acids is 2. The number of halogens is 2. The molecule has 0 fully saturated rings. The fraction of sp³-hybridized carbons (Fsp3) is 0. The Balaban J connectivity index is -0.000000270. The maximum absolute atomic E-state index is 9.81. The quantitative estimate of drug-likeness (QED) is 0.303. The summed E-state index contributed by atoms with van der Waals surface area (Å²) < 4.78 is 0. The van der Waals surface area contributed by atoms with Crippen molar-refractivity contribution >= 4 is 24.2 Å². The van der Waals surface area contributed by atoms with Gasteiger partial charge in [0.1, 0.15) is 0 Å². The first kappa shape index (κ1) is 25.2. The fourth-order valence-electron chi connectivity index (χ4n) is 1.15. The fourth-order valence-corrected chi connectivity index (χ4v) is 1.15. The van der Waals surface area contributed by atoms with E-state index in [4.69, 9.17) is 0 Å². The Morgan fingerprint density at radius 2 is 0.905 bits per heavy atom. The van der Waals surface area contributed by atoms with E-state index in [0.29, 0.717) is 24.2 Å². The molecule has 0 aliphatic heterocycles. The summed E-state index contributed by atoms with van der Waals surface area (Å²) in [6, 6.07) is 18.2. The van der Waals surface area contributed by atoms with Crippen LogP contribution in [0.5, 0.6) is 0 Å². The zero-order valence-corrected chi connectivity index (χ0v) is 17.7. The van der Waals surface area contributed by atoms with E-state index in [-0.39, 0.29) is 59.8 Å². The number of rotatable bonds is 4. The molecule has 2 rings (SSSR count). The van der Waals surface area contributed by atoms with Crippen LogP contribution in [0.3, 0.4) is 0 Å². The molecule has 0 aliphatic rings. The third-order valence-corrected chi connectivity index (χ3v) is 1.92. The molecule has 21 heavy (non-hydrogen) atoms. The average molecular weight is 579 g/mol. The second-order valence-corrected chi connectivity index (χ2v) is 3.14. The van der Waals surface area contributed by atoms with Crippen molar-refractivity contribution in [2.24, 2.45) is 0 Å². The largest absolute Gasteiger partial charge is 4.00 e. The van der Waals surface area contributed by atoms with Gasteiger partial charge in [-0.1, -0.05) is 60.7 Å². The van der Waals surface area contributed by atoms with Gasteiger partial charge in [0.2, 0.25) is 0 Å². The summed E-state index contributed by atoms with van der Waals surface area (Å²) in [5.41, 5.74) is 1.40. The van der Waals surface area contributed by atoms with E-state index >= 15 is 0 Å². The summed E-state index contributed by atoms with van der Waals surface area (Å²) in [6.45, 7) is 0. The third-order valence-electron chi connectivity index (χ3n) is 1.92. The van der Waals surface area contributed by atoms with Crippen LogP contribution in [0, 0.1) is 0 Å². The second kappa shape index (κ2) is 17.3. The number of carbonyl (C=O) groups is 2. The molecule has 2 aromatic carbocycles. The van der Waals surface area contributed by atoms with Crippen molar-refractivity contribution < 1.29 is 69.4 Å². The molecule has 4 nitrogen and oxygen atoms in total. The Hall–Kier alpha value is -0.790. The van der Waals surface area contributed by atoms with Crippen LogP contribution in [0.2, 0.25) is 0 Å². The molecule has 0 saturated heterocycles. The summed E-state index contributed by atoms with van der Waals surface area (Å²) in [7, 11) is 0. The van der Waals surface area contributed by atoms with E-state index in [2.05, 4.69) is 10.6 Å². The number of amides is 2. The van der Waals surface area contributed by atoms with Gasteiger partial charge in [-0.3, -0.25) is 0 Å². The van der Waals surface area contributed by atoms with Crippen LogP contribution in [0.25, 0.3) is 10.6 Å². The Morgan fingerprint density at radius 3 is 1.14 bits per heavy atom. The van der Waals surface area contributed by atoms with Crippen molar-refractivity contribution in [3.8, 4) is 0 Å². The second-order valence-electron chi connectivity index (χ2n) is 3.14. The normalized spacial score (nSPS) is 7.24. The molecular weight excluding hydrogens is 566 g/mol. The topological polar surface area (TPSA) is 62.3 Å². The van der Waals surface area contributed by atoms with Crippen molar-refractivity contribution in [2.75, 3.05) is 0 Å². The number of para-hydroxylation sites is 2. The van der Waals surface area contributed by atoms with Gasteiger partial charge in [-0.05, 0) is 0 Å². The van der Waals surface area contributed by atoms with E-state index in [1.807, 2.05) is 36.4 Å². The van der Waals surface area contributed by atoms with Gasteiger partial charge in [0.15, 0.2) is 0 Å². The molecule has 0 saturated carbocycles. The van der Waals surface area contributed by atoms with Crippen LogP contribution in [0.4, 0.5) is 11.4 Å². The molecule has 0 heterocycles. The first-order valence-electron chi connectivity index (χ1n) is 5.26. The minimum Gasteiger partial charge on any atom is -1.00 e. The molecule has 0 radical (unpaired) electrons. The van der Waals surface area contributed by atoms with E-state index in [1.165, 1.54) is 0 Å². The van der Waals surface area contributed by atoms with Crippen LogP contribution in [0.1, 0.15) is 0 Å². The average Bonchev–Trinajstić information content (AvgIpc) is 2.43. The number of nitrogens with zero attached hydrogens (tertiary/aromatic N) is 2. The molecule has 2 aromatic rings. The molecule has 0 N–H and O–H groups in total. The first-order valence-corrected chi connectivity index (χ1v) is 5.26. The van der Waals surface area contributed by atoms with Gasteiger partial charge in [-0.15, -0.1) is 11.4 Å². The number of hydrogen-bond acceptors (Lipinski definition) is 2. The monoisotopic (exact) mass is 578 g/mol. The summed E-state index contributed by atoms with van der Waals surface area (Å²) >= 11 is 0. The Bertz CT molecular complexity index is 427. The third kappa shape index (κ3) is 12.6. The molecule has 0 spiro atoms. The maximum atomic E-state index is 9.81. The predicted molar refractivity (Wildman–Crippen MR) is 71.1 cm³/mol. The van der Waals surface area contributed by atoms with Crippen LogP contribution in [-0.4, -0.2) is 12.8 Å². The van der Waals surface area contributed by atoms with E-state index < -0.39 is 0 Å². The van der Waals surface area contributed by atoms with Crippen molar-refractivity contribution in [3.63, 3.8) is 0 Å². The SMILES string of the molecule is O=C[N-]c1ccccc1.O=C[N-]c1ccccc1.[Br-].[Br-].[Hf+4]. The molecule has 0 bridgehead atoms. The molecule has 0 aromatic heterocycles. The smallest absolute Gasteiger partial charge is 1.00 e. The summed E-state index contributed by atoms with van der Waals surface area (Å²) in [5, 5.41) is 7.05. The number of benzene rings is 2. The van der Waals surface area contributed by atoms with Gasteiger partial charge in [0.25, 0.3) is 0 Å². The molecule has 7 heteroatoms. The molecule has 108 valence electrons. The number of hydrogen-bond donors (Lipinski definition) is 0. The summed E-state index contributed by atoms with van der Waals surface area (Å²) in [6.07, 6.45) is 1.07.